The number of nitrogens with one attached hydrogen (secondary N) is 2. The minimum Gasteiger partial charge on any atom is -0.327 e. The number of anilines is 1. The van der Waals surface area contributed by atoms with Crippen molar-refractivity contribution in [3.05, 3.63) is 82.1 Å². The normalized spacial score (nSPS) is 15.7. The average molecular weight is 404 g/mol. The first-order valence-corrected chi connectivity index (χ1v) is 9.68. The summed E-state index contributed by atoms with van der Waals surface area (Å²) in [5.41, 5.74) is 5.25. The number of amides is 2. The smallest absolute Gasteiger partial charge is 0.321 e. The number of aryl methyl sites for hydroxylation is 2. The topological polar surface area (TPSA) is 71.8 Å². The van der Waals surface area contributed by atoms with Gasteiger partial charge in [0, 0.05) is 16.5 Å². The van der Waals surface area contributed by atoms with Crippen LogP contribution in [0, 0.1) is 13.8 Å². The summed E-state index contributed by atoms with van der Waals surface area (Å²) >= 11 is 6.57. The maximum atomic E-state index is 12.5. The first-order chi connectivity index (χ1) is 14.0. The van der Waals surface area contributed by atoms with E-state index in [0.717, 1.165) is 39.0 Å². The van der Waals surface area contributed by atoms with E-state index in [4.69, 9.17) is 11.6 Å². The predicted octanol–water partition coefficient (Wildman–Crippen LogP) is 4.92. The Balaban J connectivity index is 1.70. The summed E-state index contributed by atoms with van der Waals surface area (Å²) < 4.78 is 1.75. The lowest BCUT2D eigenvalue weighted by molar-refractivity contribution is 0.249. The number of hydrogen-bond donors (Lipinski definition) is 2. The van der Waals surface area contributed by atoms with E-state index in [1.165, 1.54) is 0 Å². The molecule has 29 heavy (non-hydrogen) atoms. The molecule has 5 rings (SSSR count). The van der Waals surface area contributed by atoms with Crippen LogP contribution in [-0.4, -0.2) is 20.8 Å². The van der Waals surface area contributed by atoms with Crippen LogP contribution >= 0.6 is 11.6 Å². The summed E-state index contributed by atoms with van der Waals surface area (Å²) in [4.78, 5) is 17.1. The Labute approximate surface area is 172 Å². The molecule has 2 aromatic carbocycles. The molecule has 0 radical (unpaired) electrons. The number of aromatic nitrogens is 3. The zero-order valence-corrected chi connectivity index (χ0v) is 16.7. The molecule has 3 heterocycles. The maximum absolute atomic E-state index is 12.5. The van der Waals surface area contributed by atoms with Gasteiger partial charge in [-0.2, -0.15) is 5.10 Å². The van der Waals surface area contributed by atoms with Gasteiger partial charge in [-0.25, -0.2) is 14.5 Å². The molecule has 2 N–H and O–H groups in total. The summed E-state index contributed by atoms with van der Waals surface area (Å²) in [6, 6.07) is 17.0. The molecule has 6 nitrogen and oxygen atoms in total. The van der Waals surface area contributed by atoms with E-state index < -0.39 is 6.04 Å². The van der Waals surface area contributed by atoms with E-state index in [1.54, 1.807) is 4.68 Å². The van der Waals surface area contributed by atoms with Gasteiger partial charge < -0.3 is 5.32 Å². The van der Waals surface area contributed by atoms with Gasteiger partial charge in [0.1, 0.15) is 11.0 Å². The van der Waals surface area contributed by atoms with Gasteiger partial charge in [-0.15, -0.1) is 0 Å². The molecule has 0 saturated heterocycles. The van der Waals surface area contributed by atoms with Crippen LogP contribution in [0.1, 0.15) is 28.4 Å². The fourth-order valence-corrected chi connectivity index (χ4v) is 4.07. The molecule has 1 aliphatic heterocycles. The maximum Gasteiger partial charge on any atom is 0.321 e. The van der Waals surface area contributed by atoms with Crippen LogP contribution in [0.2, 0.25) is 5.15 Å². The number of carbonyl (C=O) groups is 1. The summed E-state index contributed by atoms with van der Waals surface area (Å²) in [6.45, 7) is 3.94. The van der Waals surface area contributed by atoms with Gasteiger partial charge in [-0.05, 0) is 43.7 Å². The van der Waals surface area contributed by atoms with Crippen LogP contribution in [-0.2, 0) is 0 Å². The quantitative estimate of drug-likeness (QED) is 0.467. The van der Waals surface area contributed by atoms with Crippen LogP contribution in [0.25, 0.3) is 16.6 Å². The van der Waals surface area contributed by atoms with Gasteiger partial charge in [-0.1, -0.05) is 41.9 Å². The van der Waals surface area contributed by atoms with Gasteiger partial charge in [0.05, 0.1) is 22.9 Å². The number of pyridine rings is 1. The number of carbonyl (C=O) groups excluding carboxylic acids is 1. The molecule has 0 fully saturated rings. The van der Waals surface area contributed by atoms with E-state index >= 15 is 0 Å². The number of rotatable bonds is 2. The summed E-state index contributed by atoms with van der Waals surface area (Å²) in [5.74, 6) is 0.641. The van der Waals surface area contributed by atoms with Gasteiger partial charge in [0.15, 0.2) is 0 Å². The lowest BCUT2D eigenvalue weighted by atomic mass is 9.97. The number of nitrogens with zero attached hydrogens (tertiary/aromatic N) is 3. The third-order valence-electron chi connectivity index (χ3n) is 5.17. The first-order valence-electron chi connectivity index (χ1n) is 9.30. The fraction of sp³-hybridized carbons (Fsp3) is 0.136. The largest absolute Gasteiger partial charge is 0.327 e. The van der Waals surface area contributed by atoms with Crippen LogP contribution < -0.4 is 10.6 Å². The van der Waals surface area contributed by atoms with E-state index in [0.29, 0.717) is 11.0 Å². The predicted molar refractivity (Wildman–Crippen MR) is 114 cm³/mol. The molecule has 0 bridgehead atoms. The van der Waals surface area contributed by atoms with Gasteiger partial charge in [-0.3, -0.25) is 5.32 Å². The summed E-state index contributed by atoms with van der Waals surface area (Å²) in [6.07, 6.45) is 0. The molecular formula is C22H18ClN5O. The van der Waals surface area contributed by atoms with Crippen molar-refractivity contribution in [3.8, 4) is 5.69 Å². The molecule has 0 spiro atoms. The zero-order valence-electron chi connectivity index (χ0n) is 15.9. The molecule has 1 unspecified atom stereocenters. The van der Waals surface area contributed by atoms with Gasteiger partial charge in [0.25, 0.3) is 0 Å². The number of benzene rings is 2. The van der Waals surface area contributed by atoms with Gasteiger partial charge in [0.2, 0.25) is 0 Å². The van der Waals surface area contributed by atoms with E-state index in [-0.39, 0.29) is 6.03 Å². The van der Waals surface area contributed by atoms with Crippen molar-refractivity contribution in [1.82, 2.24) is 20.1 Å². The zero-order chi connectivity index (χ0) is 20.1. The third-order valence-corrected chi connectivity index (χ3v) is 5.47. The number of para-hydroxylation sites is 1. The highest BCUT2D eigenvalue weighted by Gasteiger charge is 2.33. The van der Waals surface area contributed by atoms with Crippen LogP contribution in [0.15, 0.2) is 54.6 Å². The molecule has 1 aliphatic rings. The summed E-state index contributed by atoms with van der Waals surface area (Å²) in [5, 5.41) is 11.9. The van der Waals surface area contributed by atoms with E-state index in [1.807, 2.05) is 68.4 Å². The number of urea groups is 1. The Morgan fingerprint density at radius 2 is 1.86 bits per heavy atom. The summed E-state index contributed by atoms with van der Waals surface area (Å²) in [7, 11) is 0. The van der Waals surface area contributed by atoms with Crippen molar-refractivity contribution < 1.29 is 4.79 Å². The van der Waals surface area contributed by atoms with Crippen molar-refractivity contribution in [2.45, 2.75) is 19.9 Å². The molecule has 144 valence electrons. The minimum absolute atomic E-state index is 0.306. The molecule has 4 aromatic rings. The second-order valence-electron chi connectivity index (χ2n) is 7.19. The van der Waals surface area contributed by atoms with Crippen molar-refractivity contribution >= 4 is 34.4 Å². The lowest BCUT2D eigenvalue weighted by Gasteiger charge is -2.26. The van der Waals surface area contributed by atoms with Crippen molar-refractivity contribution in [1.29, 1.82) is 0 Å². The highest BCUT2D eigenvalue weighted by Crippen LogP contribution is 2.38. The van der Waals surface area contributed by atoms with Crippen LogP contribution in [0.4, 0.5) is 10.6 Å². The molecule has 0 saturated carbocycles. The Kier molecular flexibility index (Phi) is 4.03. The second-order valence-corrected chi connectivity index (χ2v) is 7.55. The standard InChI is InChI=1S/C22H18ClN5O/c1-12-8-9-14-11-16(20(23)24-17(14)10-12)19-18-13(2)27-28(15-6-4-3-5-7-15)21(18)26-22(29)25-19/h3-11,19H,1-2H3,(H2,25,26,29). The average Bonchev–Trinajstić information content (AvgIpc) is 3.04. The number of fused-ring (bicyclic) bond motifs is 2. The molecule has 1 atom stereocenters. The fourth-order valence-electron chi connectivity index (χ4n) is 3.81. The van der Waals surface area contributed by atoms with Crippen LogP contribution in [0.3, 0.4) is 0 Å². The molecule has 2 aromatic heterocycles. The second kappa shape index (κ2) is 6.60. The molecular weight excluding hydrogens is 386 g/mol. The minimum atomic E-state index is -0.443. The van der Waals surface area contributed by atoms with E-state index in [9.17, 15) is 4.79 Å². The van der Waals surface area contributed by atoms with Crippen molar-refractivity contribution in [3.63, 3.8) is 0 Å². The van der Waals surface area contributed by atoms with E-state index in [2.05, 4.69) is 20.7 Å². The Hall–Kier alpha value is -3.38. The van der Waals surface area contributed by atoms with Gasteiger partial charge >= 0.3 is 6.03 Å². The highest BCUT2D eigenvalue weighted by atomic mass is 35.5. The molecule has 7 heteroatoms. The SMILES string of the molecule is Cc1ccc2cc(C3NC(=O)Nc4c3c(C)nn4-c3ccccc3)c(Cl)nc2c1. The van der Waals surface area contributed by atoms with Crippen LogP contribution in [0.5, 0.6) is 0 Å². The number of hydrogen-bond acceptors (Lipinski definition) is 3. The van der Waals surface area contributed by atoms with Crippen molar-refractivity contribution in [2.75, 3.05) is 5.32 Å². The lowest BCUT2D eigenvalue weighted by Crippen LogP contribution is -2.39. The molecule has 0 aliphatic carbocycles. The molecule has 2 amide bonds. The number of halogens is 1. The highest BCUT2D eigenvalue weighted by molar-refractivity contribution is 6.30. The third kappa shape index (κ3) is 2.93. The first kappa shape index (κ1) is 17.7. The Morgan fingerprint density at radius 1 is 1.07 bits per heavy atom. The van der Waals surface area contributed by atoms with Crippen molar-refractivity contribution in [2.24, 2.45) is 0 Å². The Bertz CT molecular complexity index is 1270. The Morgan fingerprint density at radius 3 is 2.66 bits per heavy atom. The monoisotopic (exact) mass is 403 g/mol.